The Kier molecular flexibility index (Phi) is 6.22. The van der Waals surface area contributed by atoms with Crippen molar-refractivity contribution in [2.75, 3.05) is 21.3 Å². The summed E-state index contributed by atoms with van der Waals surface area (Å²) in [6.45, 7) is 26.2. The van der Waals surface area contributed by atoms with Gasteiger partial charge in [0.05, 0.1) is 22.7 Å². The molecule has 150 valence electrons. The highest BCUT2D eigenvalue weighted by atomic mass is 15.1. The largest absolute Gasteiger partial charge is 0.379 e. The Bertz CT molecular complexity index is 499. The molecule has 0 fully saturated rings. The molecular formula is C22H42N4. The van der Waals surface area contributed by atoms with Gasteiger partial charge in [-0.05, 0) is 95.2 Å². The van der Waals surface area contributed by atoms with E-state index in [0.29, 0.717) is 0 Å². The highest BCUT2D eigenvalue weighted by Gasteiger charge is 2.22. The molecule has 0 heterocycles. The monoisotopic (exact) mass is 362 g/mol. The predicted molar refractivity (Wildman–Crippen MR) is 120 cm³/mol. The van der Waals surface area contributed by atoms with Crippen LogP contribution in [0, 0.1) is 0 Å². The summed E-state index contributed by atoms with van der Waals surface area (Å²) in [5.41, 5.74) is 4.35. The lowest BCUT2D eigenvalue weighted by atomic mass is 10.0. The van der Waals surface area contributed by atoms with Crippen molar-refractivity contribution < 1.29 is 0 Å². The van der Waals surface area contributed by atoms with Crippen molar-refractivity contribution in [3.8, 4) is 0 Å². The quantitative estimate of drug-likeness (QED) is 0.492. The van der Waals surface area contributed by atoms with Gasteiger partial charge in [0.15, 0.2) is 0 Å². The Morgan fingerprint density at radius 3 is 0.654 bits per heavy atom. The van der Waals surface area contributed by atoms with Crippen LogP contribution in [0.1, 0.15) is 83.1 Å². The van der Waals surface area contributed by atoms with Crippen LogP contribution < -0.4 is 21.3 Å². The number of hydrogen-bond acceptors (Lipinski definition) is 4. The van der Waals surface area contributed by atoms with Crippen molar-refractivity contribution in [3.63, 3.8) is 0 Å². The summed E-state index contributed by atoms with van der Waals surface area (Å²) in [6, 6.07) is 4.44. The molecule has 0 unspecified atom stereocenters. The molecule has 1 aromatic rings. The van der Waals surface area contributed by atoms with Crippen LogP contribution in [0.15, 0.2) is 12.1 Å². The fourth-order valence-electron chi connectivity index (χ4n) is 2.63. The Hall–Kier alpha value is -1.58. The van der Waals surface area contributed by atoms with Gasteiger partial charge >= 0.3 is 0 Å². The third-order valence-corrected chi connectivity index (χ3v) is 3.20. The van der Waals surface area contributed by atoms with Crippen LogP contribution in [-0.4, -0.2) is 22.2 Å². The standard InChI is InChI=1S/C22H42N4/c1-19(2,3)23-15-13-17(25-21(7,8)9)18(26-22(10,11)12)14-16(15)24-20(4,5)6/h13-14,23-26H,1-12H3. The van der Waals surface area contributed by atoms with Crippen LogP contribution in [0.4, 0.5) is 22.7 Å². The highest BCUT2D eigenvalue weighted by molar-refractivity contribution is 5.85. The van der Waals surface area contributed by atoms with Crippen LogP contribution >= 0.6 is 0 Å². The van der Waals surface area contributed by atoms with Crippen molar-refractivity contribution in [1.29, 1.82) is 0 Å². The number of hydrogen-bond donors (Lipinski definition) is 4. The van der Waals surface area contributed by atoms with E-state index in [1.807, 2.05) is 0 Å². The fraction of sp³-hybridized carbons (Fsp3) is 0.727. The van der Waals surface area contributed by atoms with Gasteiger partial charge in [-0.2, -0.15) is 0 Å². The number of benzene rings is 1. The molecule has 0 aliphatic rings. The zero-order chi connectivity index (χ0) is 20.6. The first kappa shape index (κ1) is 22.5. The molecule has 0 aliphatic carbocycles. The number of rotatable bonds is 4. The van der Waals surface area contributed by atoms with Crippen LogP contribution in [0.2, 0.25) is 0 Å². The zero-order valence-corrected chi connectivity index (χ0v) is 19.2. The summed E-state index contributed by atoms with van der Waals surface area (Å²) in [5.74, 6) is 0. The van der Waals surface area contributed by atoms with Gasteiger partial charge in [0.1, 0.15) is 0 Å². The lowest BCUT2D eigenvalue weighted by Gasteiger charge is -2.33. The molecule has 0 saturated carbocycles. The summed E-state index contributed by atoms with van der Waals surface area (Å²) in [4.78, 5) is 0. The normalized spacial score (nSPS) is 13.4. The van der Waals surface area contributed by atoms with Crippen LogP contribution in [0.5, 0.6) is 0 Å². The highest BCUT2D eigenvalue weighted by Crippen LogP contribution is 2.38. The first-order valence-electron chi connectivity index (χ1n) is 9.65. The molecule has 4 N–H and O–H groups in total. The Labute approximate surface area is 161 Å². The molecule has 0 radical (unpaired) electrons. The second kappa shape index (κ2) is 7.21. The SMILES string of the molecule is CC(C)(C)Nc1cc(NC(C)(C)C)c(NC(C)(C)C)cc1NC(C)(C)C. The Balaban J connectivity index is 3.53. The van der Waals surface area contributed by atoms with E-state index in [2.05, 4.69) is 116 Å². The van der Waals surface area contributed by atoms with Crippen molar-refractivity contribution in [3.05, 3.63) is 12.1 Å². The molecule has 1 rings (SSSR count). The third-order valence-electron chi connectivity index (χ3n) is 3.20. The summed E-state index contributed by atoms with van der Waals surface area (Å²) < 4.78 is 0. The van der Waals surface area contributed by atoms with Gasteiger partial charge in [-0.25, -0.2) is 0 Å². The van der Waals surface area contributed by atoms with E-state index < -0.39 is 0 Å². The number of anilines is 4. The summed E-state index contributed by atoms with van der Waals surface area (Å²) in [6.07, 6.45) is 0. The molecule has 26 heavy (non-hydrogen) atoms. The van der Waals surface area contributed by atoms with E-state index in [9.17, 15) is 0 Å². The molecule has 0 bridgehead atoms. The predicted octanol–water partition coefficient (Wildman–Crippen LogP) is 6.53. The van der Waals surface area contributed by atoms with Gasteiger partial charge in [0.25, 0.3) is 0 Å². The van der Waals surface area contributed by atoms with Gasteiger partial charge < -0.3 is 21.3 Å². The molecule has 4 heteroatoms. The van der Waals surface area contributed by atoms with Gasteiger partial charge in [-0.1, -0.05) is 0 Å². The number of nitrogens with one attached hydrogen (secondary N) is 4. The molecule has 0 amide bonds. The second-order valence-electron chi connectivity index (χ2n) is 11.4. The molecular weight excluding hydrogens is 320 g/mol. The van der Waals surface area contributed by atoms with Gasteiger partial charge in [0, 0.05) is 22.2 Å². The summed E-state index contributed by atoms with van der Waals surface area (Å²) >= 11 is 0. The topological polar surface area (TPSA) is 48.1 Å². The Morgan fingerprint density at radius 2 is 0.538 bits per heavy atom. The van der Waals surface area contributed by atoms with E-state index in [1.54, 1.807) is 0 Å². The average molecular weight is 363 g/mol. The molecule has 0 spiro atoms. The molecule has 0 atom stereocenters. The van der Waals surface area contributed by atoms with Gasteiger partial charge in [-0.3, -0.25) is 0 Å². The maximum atomic E-state index is 3.66. The van der Waals surface area contributed by atoms with E-state index in [1.165, 1.54) is 0 Å². The minimum absolute atomic E-state index is 0.0215. The summed E-state index contributed by atoms with van der Waals surface area (Å²) in [5, 5.41) is 14.6. The lowest BCUT2D eigenvalue weighted by Crippen LogP contribution is -2.32. The van der Waals surface area contributed by atoms with E-state index in [0.717, 1.165) is 22.7 Å². The first-order valence-corrected chi connectivity index (χ1v) is 9.65. The van der Waals surface area contributed by atoms with Crippen molar-refractivity contribution in [2.45, 2.75) is 105 Å². The van der Waals surface area contributed by atoms with E-state index in [4.69, 9.17) is 0 Å². The maximum absolute atomic E-state index is 3.66. The molecule has 0 aromatic heterocycles. The molecule has 0 aliphatic heterocycles. The van der Waals surface area contributed by atoms with Gasteiger partial charge in [-0.15, -0.1) is 0 Å². The average Bonchev–Trinajstić information content (AvgIpc) is 2.26. The maximum Gasteiger partial charge on any atom is 0.0602 e. The minimum atomic E-state index is -0.0215. The van der Waals surface area contributed by atoms with E-state index >= 15 is 0 Å². The van der Waals surface area contributed by atoms with Gasteiger partial charge in [0.2, 0.25) is 0 Å². The van der Waals surface area contributed by atoms with Crippen LogP contribution in [-0.2, 0) is 0 Å². The smallest absolute Gasteiger partial charge is 0.0602 e. The van der Waals surface area contributed by atoms with E-state index in [-0.39, 0.29) is 22.2 Å². The first-order chi connectivity index (χ1) is 11.3. The summed E-state index contributed by atoms with van der Waals surface area (Å²) in [7, 11) is 0. The molecule has 1 aromatic carbocycles. The second-order valence-corrected chi connectivity index (χ2v) is 11.4. The molecule has 0 saturated heterocycles. The third kappa shape index (κ3) is 8.68. The lowest BCUT2D eigenvalue weighted by molar-refractivity contribution is 0.619. The fourth-order valence-corrected chi connectivity index (χ4v) is 2.63. The molecule has 4 nitrogen and oxygen atoms in total. The van der Waals surface area contributed by atoms with Crippen molar-refractivity contribution >= 4 is 22.7 Å². The van der Waals surface area contributed by atoms with Crippen molar-refractivity contribution in [2.24, 2.45) is 0 Å². The van der Waals surface area contributed by atoms with Crippen molar-refractivity contribution in [1.82, 2.24) is 0 Å². The minimum Gasteiger partial charge on any atom is -0.379 e. The zero-order valence-electron chi connectivity index (χ0n) is 19.2. The van der Waals surface area contributed by atoms with Crippen LogP contribution in [0.25, 0.3) is 0 Å². The Morgan fingerprint density at radius 1 is 0.385 bits per heavy atom. The van der Waals surface area contributed by atoms with Crippen LogP contribution in [0.3, 0.4) is 0 Å².